The number of likely N-dealkylation sites (tertiary alicyclic amines) is 1. The van der Waals surface area contributed by atoms with Crippen molar-refractivity contribution in [3.63, 3.8) is 0 Å². The van der Waals surface area contributed by atoms with Crippen LogP contribution in [-0.2, 0) is 23.1 Å². The summed E-state index contributed by atoms with van der Waals surface area (Å²) in [5, 5.41) is 10.1. The summed E-state index contributed by atoms with van der Waals surface area (Å²) in [5.74, 6) is 0.630. The van der Waals surface area contributed by atoms with Crippen LogP contribution in [-0.4, -0.2) is 61.7 Å². The lowest BCUT2D eigenvalue weighted by atomic mass is 9.93. The predicted molar refractivity (Wildman–Crippen MR) is 177 cm³/mol. The number of benzene rings is 4. The van der Waals surface area contributed by atoms with E-state index in [9.17, 15) is 18.3 Å². The second kappa shape index (κ2) is 15.1. The number of piperidine rings is 1. The van der Waals surface area contributed by atoms with Crippen molar-refractivity contribution in [1.29, 1.82) is 0 Å². The summed E-state index contributed by atoms with van der Waals surface area (Å²) < 4.78 is 35.0. The van der Waals surface area contributed by atoms with Gasteiger partial charge in [0.05, 0.1) is 17.7 Å². The molecule has 1 fully saturated rings. The van der Waals surface area contributed by atoms with Crippen molar-refractivity contribution in [1.82, 2.24) is 9.80 Å². The Balaban J connectivity index is 1.36. The van der Waals surface area contributed by atoms with Crippen LogP contribution in [0.25, 0.3) is 0 Å². The molecule has 0 radical (unpaired) electrons. The summed E-state index contributed by atoms with van der Waals surface area (Å²) in [6.07, 6.45) is 1.24. The number of rotatable bonds is 13. The maximum atomic E-state index is 14.1. The molecule has 0 spiro atoms. The van der Waals surface area contributed by atoms with Crippen LogP contribution in [0.15, 0.2) is 120 Å². The lowest BCUT2D eigenvalue weighted by molar-refractivity contribution is 0.0957. The van der Waals surface area contributed by atoms with Crippen LogP contribution < -0.4 is 9.04 Å². The summed E-state index contributed by atoms with van der Waals surface area (Å²) in [5.41, 5.74) is 2.98. The minimum Gasteiger partial charge on any atom is -0.497 e. The summed E-state index contributed by atoms with van der Waals surface area (Å²) in [4.78, 5) is 16.4. The zero-order valence-electron chi connectivity index (χ0n) is 25.6. The van der Waals surface area contributed by atoms with E-state index < -0.39 is 22.2 Å². The monoisotopic (exact) mass is 627 g/mol. The summed E-state index contributed by atoms with van der Waals surface area (Å²) in [6.45, 7) is 2.61. The van der Waals surface area contributed by atoms with Crippen LogP contribution in [0.1, 0.15) is 36.8 Å². The van der Waals surface area contributed by atoms with Gasteiger partial charge >= 0.3 is 6.09 Å². The largest absolute Gasteiger partial charge is 0.497 e. The van der Waals surface area contributed by atoms with Gasteiger partial charge in [0.25, 0.3) is 10.0 Å². The molecule has 8 nitrogen and oxygen atoms in total. The van der Waals surface area contributed by atoms with E-state index in [2.05, 4.69) is 29.2 Å². The van der Waals surface area contributed by atoms with Crippen LogP contribution in [0.3, 0.4) is 0 Å². The maximum absolute atomic E-state index is 14.1. The molecule has 1 N–H and O–H groups in total. The Kier molecular flexibility index (Phi) is 10.8. The Bertz CT molecular complexity index is 1560. The van der Waals surface area contributed by atoms with Gasteiger partial charge in [-0.2, -0.15) is 0 Å². The highest BCUT2D eigenvalue weighted by atomic mass is 32.2. The molecule has 0 bridgehead atoms. The van der Waals surface area contributed by atoms with Crippen molar-refractivity contribution in [2.45, 2.75) is 55.8 Å². The lowest BCUT2D eigenvalue weighted by Gasteiger charge is -2.43. The van der Waals surface area contributed by atoms with Crippen LogP contribution in [0.2, 0.25) is 0 Å². The fourth-order valence-corrected chi connectivity index (χ4v) is 7.91. The average molecular weight is 628 g/mol. The van der Waals surface area contributed by atoms with Gasteiger partial charge in [0.2, 0.25) is 0 Å². The minimum atomic E-state index is -3.92. The fourth-order valence-electron chi connectivity index (χ4n) is 6.20. The molecule has 0 saturated carbocycles. The second-order valence-electron chi connectivity index (χ2n) is 11.4. The quantitative estimate of drug-likeness (QED) is 0.174. The molecule has 5 rings (SSSR count). The molecule has 4 aromatic carbocycles. The van der Waals surface area contributed by atoms with Gasteiger partial charge in [0, 0.05) is 31.7 Å². The second-order valence-corrected chi connectivity index (χ2v) is 13.3. The molecule has 4 aromatic rings. The van der Waals surface area contributed by atoms with Gasteiger partial charge in [0.1, 0.15) is 5.75 Å². The molecular weight excluding hydrogens is 586 g/mol. The third kappa shape index (κ3) is 8.23. The summed E-state index contributed by atoms with van der Waals surface area (Å²) in [7, 11) is -2.35. The number of hydrogen-bond donors (Lipinski definition) is 1. The number of amides is 1. The first-order chi connectivity index (χ1) is 21.8. The number of sulfonamides is 1. The van der Waals surface area contributed by atoms with E-state index in [1.165, 1.54) is 20.3 Å². The van der Waals surface area contributed by atoms with Gasteiger partial charge in [-0.25, -0.2) is 13.2 Å². The molecule has 2 atom stereocenters. The SMILES string of the molecule is COc1ccc(N([C@H]2CCN(C(=O)O)[C@@H](CCCN(Cc3ccccc3)Cc3ccccc3)C2)S(=O)(=O)c2ccccc2)cc1. The molecule has 1 amide bonds. The Hall–Kier alpha value is -4.34. The Labute approximate surface area is 266 Å². The molecule has 45 heavy (non-hydrogen) atoms. The molecule has 1 heterocycles. The Morgan fingerprint density at radius 2 is 1.40 bits per heavy atom. The highest BCUT2D eigenvalue weighted by Crippen LogP contribution is 2.34. The van der Waals surface area contributed by atoms with E-state index in [4.69, 9.17) is 4.74 Å². The highest BCUT2D eigenvalue weighted by Gasteiger charge is 2.39. The van der Waals surface area contributed by atoms with Crippen molar-refractivity contribution in [3.8, 4) is 5.75 Å². The summed E-state index contributed by atoms with van der Waals surface area (Å²) >= 11 is 0. The number of anilines is 1. The van der Waals surface area contributed by atoms with Crippen LogP contribution in [0, 0.1) is 0 Å². The zero-order valence-corrected chi connectivity index (χ0v) is 26.4. The normalized spacial score (nSPS) is 16.8. The van der Waals surface area contributed by atoms with E-state index >= 15 is 0 Å². The molecule has 0 unspecified atom stereocenters. The summed E-state index contributed by atoms with van der Waals surface area (Å²) in [6, 6.07) is 35.4. The zero-order chi connectivity index (χ0) is 31.6. The first-order valence-corrected chi connectivity index (χ1v) is 16.8. The molecule has 9 heteroatoms. The van der Waals surface area contributed by atoms with Crippen LogP contribution in [0.4, 0.5) is 10.5 Å². The predicted octanol–water partition coefficient (Wildman–Crippen LogP) is 6.88. The Morgan fingerprint density at radius 3 is 1.93 bits per heavy atom. The van der Waals surface area contributed by atoms with Gasteiger partial charge < -0.3 is 14.7 Å². The van der Waals surface area contributed by atoms with Crippen molar-refractivity contribution >= 4 is 21.8 Å². The molecule has 0 aliphatic carbocycles. The highest BCUT2D eigenvalue weighted by molar-refractivity contribution is 7.92. The van der Waals surface area contributed by atoms with Gasteiger partial charge in [0.15, 0.2) is 0 Å². The number of nitrogens with zero attached hydrogens (tertiary/aromatic N) is 3. The molecular formula is C36H41N3O5S. The smallest absolute Gasteiger partial charge is 0.407 e. The molecule has 236 valence electrons. The number of hydrogen-bond acceptors (Lipinski definition) is 5. The van der Waals surface area contributed by atoms with E-state index in [0.717, 1.165) is 26.1 Å². The molecule has 0 aromatic heterocycles. The Morgan fingerprint density at radius 1 is 0.844 bits per heavy atom. The topological polar surface area (TPSA) is 90.4 Å². The fraction of sp³-hybridized carbons (Fsp3) is 0.306. The number of carbonyl (C=O) groups is 1. The van der Waals surface area contributed by atoms with Crippen LogP contribution >= 0.6 is 0 Å². The van der Waals surface area contributed by atoms with Gasteiger partial charge in [-0.3, -0.25) is 9.21 Å². The third-order valence-electron chi connectivity index (χ3n) is 8.40. The third-order valence-corrected chi connectivity index (χ3v) is 10.3. The van der Waals surface area contributed by atoms with Gasteiger partial charge in [-0.15, -0.1) is 0 Å². The van der Waals surface area contributed by atoms with Crippen molar-refractivity contribution in [2.75, 3.05) is 24.5 Å². The number of ether oxygens (including phenoxy) is 1. The van der Waals surface area contributed by atoms with Gasteiger partial charge in [-0.1, -0.05) is 78.9 Å². The standard InChI is InChI=1S/C36H41N3O5S/c1-44-34-21-19-31(20-22-34)39(45(42,43)35-17-9-4-10-18-35)33-23-25-38(36(40)41)32(26-33)16-11-24-37(27-29-12-5-2-6-13-29)28-30-14-7-3-8-15-30/h2-10,12-15,17-22,32-33H,11,16,23-28H2,1H3,(H,40,41)/t32-,33-/m0/s1. The lowest BCUT2D eigenvalue weighted by Crippen LogP contribution is -2.53. The first kappa shape index (κ1) is 32.1. The minimum absolute atomic E-state index is 0.204. The van der Waals surface area contributed by atoms with Crippen molar-refractivity contribution < 1.29 is 23.1 Å². The average Bonchev–Trinajstić information content (AvgIpc) is 3.06. The number of methoxy groups -OCH3 is 1. The van der Waals surface area contributed by atoms with Crippen LogP contribution in [0.5, 0.6) is 5.75 Å². The molecule has 1 aliphatic rings. The molecule has 1 saturated heterocycles. The molecule has 1 aliphatic heterocycles. The van der Waals surface area contributed by atoms with Crippen molar-refractivity contribution in [3.05, 3.63) is 126 Å². The van der Waals surface area contributed by atoms with Crippen molar-refractivity contribution in [2.24, 2.45) is 0 Å². The first-order valence-electron chi connectivity index (χ1n) is 15.4. The maximum Gasteiger partial charge on any atom is 0.407 e. The van der Waals surface area contributed by atoms with E-state index in [1.807, 2.05) is 36.4 Å². The van der Waals surface area contributed by atoms with E-state index in [-0.39, 0.29) is 17.5 Å². The van der Waals surface area contributed by atoms with E-state index in [0.29, 0.717) is 30.7 Å². The van der Waals surface area contributed by atoms with E-state index in [1.54, 1.807) is 61.7 Å². The number of carboxylic acid groups (broad SMARTS) is 1. The van der Waals surface area contributed by atoms with Gasteiger partial charge in [-0.05, 0) is 79.8 Å².